The van der Waals surface area contributed by atoms with Crippen LogP contribution in [0.4, 0.5) is 5.69 Å². The third-order valence-electron chi connectivity index (χ3n) is 3.82. The fourth-order valence-electron chi connectivity index (χ4n) is 2.60. The summed E-state index contributed by atoms with van der Waals surface area (Å²) in [4.78, 5) is 0. The first kappa shape index (κ1) is 14.1. The molecule has 3 nitrogen and oxygen atoms in total. The van der Waals surface area contributed by atoms with Crippen molar-refractivity contribution in [3.8, 4) is 11.5 Å². The number of aryl methyl sites for hydroxylation is 1. The number of anilines is 1. The van der Waals surface area contributed by atoms with Crippen LogP contribution in [-0.2, 0) is 0 Å². The summed E-state index contributed by atoms with van der Waals surface area (Å²) in [6.07, 6.45) is 0. The van der Waals surface area contributed by atoms with Crippen LogP contribution in [0.25, 0.3) is 0 Å². The minimum Gasteiger partial charge on any atom is -0.495 e. The normalized spacial score (nSPS) is 16.2. The van der Waals surface area contributed by atoms with Gasteiger partial charge in [0.05, 0.1) is 19.4 Å². The van der Waals surface area contributed by atoms with Crippen LogP contribution >= 0.6 is 11.6 Å². The second-order valence-corrected chi connectivity index (χ2v) is 5.64. The van der Waals surface area contributed by atoms with Crippen molar-refractivity contribution in [2.24, 2.45) is 0 Å². The molecular formula is C17H18ClNO2. The number of ether oxygens (including phenoxy) is 2. The minimum atomic E-state index is 0.349. The van der Waals surface area contributed by atoms with Gasteiger partial charge >= 0.3 is 0 Å². The van der Waals surface area contributed by atoms with Crippen LogP contribution in [0.2, 0.25) is 5.02 Å². The molecule has 1 aliphatic heterocycles. The number of para-hydroxylation sites is 1. The number of benzene rings is 2. The molecule has 1 unspecified atom stereocenters. The molecule has 0 spiro atoms. The average Bonchev–Trinajstić information content (AvgIpc) is 2.91. The van der Waals surface area contributed by atoms with Crippen LogP contribution in [0.3, 0.4) is 0 Å². The van der Waals surface area contributed by atoms with E-state index >= 15 is 0 Å². The molecule has 0 bridgehead atoms. The van der Waals surface area contributed by atoms with Gasteiger partial charge in [-0.2, -0.15) is 0 Å². The smallest absolute Gasteiger partial charge is 0.143 e. The summed E-state index contributed by atoms with van der Waals surface area (Å²) in [5.41, 5.74) is 3.25. The molecule has 1 heterocycles. The standard InChI is InChI=1S/C17H18ClNO2/c1-11-7-15(17(20-2)8-14(11)18)19-9-12-10-21-16-6-4-3-5-13(12)16/h3-8,12,19H,9-10H2,1-2H3. The maximum Gasteiger partial charge on any atom is 0.143 e. The Kier molecular flexibility index (Phi) is 3.93. The molecule has 0 amide bonds. The maximum atomic E-state index is 6.13. The van der Waals surface area contributed by atoms with Crippen molar-refractivity contribution in [1.29, 1.82) is 0 Å². The van der Waals surface area contributed by atoms with Crippen LogP contribution in [-0.4, -0.2) is 20.3 Å². The topological polar surface area (TPSA) is 30.5 Å². The number of rotatable bonds is 4. The number of fused-ring (bicyclic) bond motifs is 1. The predicted molar refractivity (Wildman–Crippen MR) is 85.9 cm³/mol. The van der Waals surface area contributed by atoms with Crippen molar-refractivity contribution in [1.82, 2.24) is 0 Å². The summed E-state index contributed by atoms with van der Waals surface area (Å²) in [6, 6.07) is 12.1. The van der Waals surface area contributed by atoms with Crippen LogP contribution in [0.1, 0.15) is 17.0 Å². The van der Waals surface area contributed by atoms with Crippen molar-refractivity contribution in [3.63, 3.8) is 0 Å². The molecule has 110 valence electrons. The second-order valence-electron chi connectivity index (χ2n) is 5.23. The third kappa shape index (κ3) is 2.79. The Morgan fingerprint density at radius 2 is 2.14 bits per heavy atom. The van der Waals surface area contributed by atoms with E-state index in [1.54, 1.807) is 7.11 Å². The predicted octanol–water partition coefficient (Wildman–Crippen LogP) is 4.25. The molecule has 1 aliphatic rings. The highest BCUT2D eigenvalue weighted by atomic mass is 35.5. The number of hydrogen-bond acceptors (Lipinski definition) is 3. The molecule has 4 heteroatoms. The van der Waals surface area contributed by atoms with Gasteiger partial charge in [0, 0.05) is 29.1 Å². The Morgan fingerprint density at radius 3 is 2.95 bits per heavy atom. The second kappa shape index (κ2) is 5.86. The fourth-order valence-corrected chi connectivity index (χ4v) is 2.76. The zero-order valence-corrected chi connectivity index (χ0v) is 12.9. The minimum absolute atomic E-state index is 0.349. The van der Waals surface area contributed by atoms with E-state index in [-0.39, 0.29) is 0 Å². The highest BCUT2D eigenvalue weighted by Gasteiger charge is 2.23. The van der Waals surface area contributed by atoms with E-state index in [1.165, 1.54) is 5.56 Å². The van der Waals surface area contributed by atoms with Gasteiger partial charge in [-0.05, 0) is 24.6 Å². The van der Waals surface area contributed by atoms with Gasteiger partial charge in [0.15, 0.2) is 0 Å². The van der Waals surface area contributed by atoms with Crippen LogP contribution in [0.15, 0.2) is 36.4 Å². The molecular weight excluding hydrogens is 286 g/mol. The van der Waals surface area contributed by atoms with Gasteiger partial charge in [0.2, 0.25) is 0 Å². The molecule has 1 atom stereocenters. The lowest BCUT2D eigenvalue weighted by Gasteiger charge is -2.15. The van der Waals surface area contributed by atoms with Crippen molar-refractivity contribution in [2.75, 3.05) is 25.6 Å². The lowest BCUT2D eigenvalue weighted by Crippen LogP contribution is -2.14. The molecule has 0 saturated heterocycles. The summed E-state index contributed by atoms with van der Waals surface area (Å²) in [5.74, 6) is 2.10. The molecule has 0 aromatic heterocycles. The molecule has 21 heavy (non-hydrogen) atoms. The summed E-state index contributed by atoms with van der Waals surface area (Å²) in [7, 11) is 1.65. The Labute approximate surface area is 129 Å². The van der Waals surface area contributed by atoms with Gasteiger partial charge in [-0.15, -0.1) is 0 Å². The van der Waals surface area contributed by atoms with E-state index in [9.17, 15) is 0 Å². The summed E-state index contributed by atoms with van der Waals surface area (Å²) < 4.78 is 11.1. The summed E-state index contributed by atoms with van der Waals surface area (Å²) >= 11 is 6.13. The van der Waals surface area contributed by atoms with Crippen LogP contribution in [0.5, 0.6) is 11.5 Å². The van der Waals surface area contributed by atoms with Crippen molar-refractivity contribution < 1.29 is 9.47 Å². The molecule has 0 radical (unpaired) electrons. The highest BCUT2D eigenvalue weighted by molar-refractivity contribution is 6.31. The molecule has 2 aromatic carbocycles. The first-order chi connectivity index (χ1) is 10.2. The Balaban J connectivity index is 1.76. The number of hydrogen-bond donors (Lipinski definition) is 1. The first-order valence-electron chi connectivity index (χ1n) is 6.98. The molecule has 3 rings (SSSR count). The zero-order chi connectivity index (χ0) is 14.8. The van der Waals surface area contributed by atoms with Gasteiger partial charge in [-0.1, -0.05) is 29.8 Å². The lowest BCUT2D eigenvalue weighted by atomic mass is 10.0. The lowest BCUT2D eigenvalue weighted by molar-refractivity contribution is 0.334. The molecule has 0 fully saturated rings. The monoisotopic (exact) mass is 303 g/mol. The molecule has 2 aromatic rings. The largest absolute Gasteiger partial charge is 0.495 e. The Bertz CT molecular complexity index is 657. The van der Waals surface area contributed by atoms with Gasteiger partial charge in [-0.25, -0.2) is 0 Å². The zero-order valence-electron chi connectivity index (χ0n) is 12.2. The van der Waals surface area contributed by atoms with E-state index in [0.29, 0.717) is 17.5 Å². The molecule has 1 N–H and O–H groups in total. The number of nitrogens with one attached hydrogen (secondary N) is 1. The van der Waals surface area contributed by atoms with Gasteiger partial charge < -0.3 is 14.8 Å². The average molecular weight is 304 g/mol. The molecule has 0 saturated carbocycles. The van der Waals surface area contributed by atoms with Gasteiger partial charge in [0.1, 0.15) is 11.5 Å². The van der Waals surface area contributed by atoms with Crippen LogP contribution in [0, 0.1) is 6.92 Å². The van der Waals surface area contributed by atoms with E-state index in [0.717, 1.165) is 29.3 Å². The van der Waals surface area contributed by atoms with E-state index in [1.807, 2.05) is 37.3 Å². The highest BCUT2D eigenvalue weighted by Crippen LogP contribution is 2.35. The summed E-state index contributed by atoms with van der Waals surface area (Å²) in [6.45, 7) is 3.50. The number of halogens is 1. The maximum absolute atomic E-state index is 6.13. The quantitative estimate of drug-likeness (QED) is 0.916. The first-order valence-corrected chi connectivity index (χ1v) is 7.36. The SMILES string of the molecule is COc1cc(Cl)c(C)cc1NCC1COc2ccccc21. The van der Waals surface area contributed by atoms with Crippen LogP contribution < -0.4 is 14.8 Å². The van der Waals surface area contributed by atoms with E-state index in [4.69, 9.17) is 21.1 Å². The molecule has 0 aliphatic carbocycles. The third-order valence-corrected chi connectivity index (χ3v) is 4.23. The fraction of sp³-hybridized carbons (Fsp3) is 0.294. The van der Waals surface area contributed by atoms with Crippen molar-refractivity contribution >= 4 is 17.3 Å². The van der Waals surface area contributed by atoms with Gasteiger partial charge in [0.25, 0.3) is 0 Å². The van der Waals surface area contributed by atoms with E-state index < -0.39 is 0 Å². The van der Waals surface area contributed by atoms with Gasteiger partial charge in [-0.3, -0.25) is 0 Å². The Morgan fingerprint density at radius 1 is 1.33 bits per heavy atom. The Hall–Kier alpha value is -1.87. The van der Waals surface area contributed by atoms with Crippen molar-refractivity contribution in [2.45, 2.75) is 12.8 Å². The number of methoxy groups -OCH3 is 1. The van der Waals surface area contributed by atoms with Crippen molar-refractivity contribution in [3.05, 3.63) is 52.5 Å². The van der Waals surface area contributed by atoms with E-state index in [2.05, 4.69) is 11.4 Å². The summed E-state index contributed by atoms with van der Waals surface area (Å²) in [5, 5.41) is 4.17.